The Morgan fingerprint density at radius 2 is 1.80 bits per heavy atom. The van der Waals surface area contributed by atoms with Crippen molar-refractivity contribution < 1.29 is 9.90 Å². The predicted molar refractivity (Wildman–Crippen MR) is 131 cm³/mol. The molecule has 1 fully saturated rings. The smallest absolute Gasteiger partial charge is 0.303 e. The minimum atomic E-state index is -0.701. The molecule has 5 rings (SSSR count). The number of aryl methyl sites for hydroxylation is 1. The van der Waals surface area contributed by atoms with Crippen LogP contribution >= 0.6 is 0 Å². The SMILES string of the molecule is CCc1nc(C2CCC(CC(=O)O)CC2)n(Cc2ccc(-c3ccccc3-c3nnn[nH]3)cc2)n1. The summed E-state index contributed by atoms with van der Waals surface area (Å²) < 4.78 is 2.05. The number of aliphatic carboxylic acids is 1. The summed E-state index contributed by atoms with van der Waals surface area (Å²) in [4.78, 5) is 15.9. The summed E-state index contributed by atoms with van der Waals surface area (Å²) in [6, 6.07) is 16.6. The first-order valence-corrected chi connectivity index (χ1v) is 12.2. The van der Waals surface area contributed by atoms with E-state index in [4.69, 9.17) is 15.2 Å². The molecule has 0 bridgehead atoms. The maximum absolute atomic E-state index is 11.1. The summed E-state index contributed by atoms with van der Waals surface area (Å²) >= 11 is 0. The Hall–Kier alpha value is -3.88. The number of nitrogens with zero attached hydrogens (tertiary/aromatic N) is 6. The monoisotopic (exact) mass is 471 g/mol. The molecule has 9 nitrogen and oxygen atoms in total. The van der Waals surface area contributed by atoms with Crippen molar-refractivity contribution in [2.24, 2.45) is 5.92 Å². The van der Waals surface area contributed by atoms with Gasteiger partial charge in [-0.25, -0.2) is 14.8 Å². The van der Waals surface area contributed by atoms with Crippen molar-refractivity contribution in [1.82, 2.24) is 35.4 Å². The highest BCUT2D eigenvalue weighted by Gasteiger charge is 2.27. The first-order valence-electron chi connectivity index (χ1n) is 12.2. The Bertz CT molecular complexity index is 1270. The second kappa shape index (κ2) is 10.2. The lowest BCUT2D eigenvalue weighted by atomic mass is 9.80. The predicted octanol–water partition coefficient (Wildman–Crippen LogP) is 4.48. The molecule has 0 spiro atoms. The van der Waals surface area contributed by atoms with Gasteiger partial charge < -0.3 is 5.11 Å². The molecule has 0 aliphatic heterocycles. The van der Waals surface area contributed by atoms with Gasteiger partial charge in [-0.3, -0.25) is 4.79 Å². The number of carbonyl (C=O) groups is 1. The molecule has 0 saturated heterocycles. The molecule has 2 aromatic heterocycles. The number of carboxylic acid groups (broad SMARTS) is 1. The average Bonchev–Trinajstić information content (AvgIpc) is 3.55. The molecule has 0 atom stereocenters. The van der Waals surface area contributed by atoms with Gasteiger partial charge in [-0.15, -0.1) is 5.10 Å². The van der Waals surface area contributed by atoms with Gasteiger partial charge in [-0.05, 0) is 58.7 Å². The lowest BCUT2D eigenvalue weighted by molar-refractivity contribution is -0.138. The van der Waals surface area contributed by atoms with E-state index < -0.39 is 5.97 Å². The second-order valence-corrected chi connectivity index (χ2v) is 9.21. The average molecular weight is 472 g/mol. The first-order chi connectivity index (χ1) is 17.1. The van der Waals surface area contributed by atoms with Gasteiger partial charge in [0, 0.05) is 24.3 Å². The fourth-order valence-electron chi connectivity index (χ4n) is 5.02. The zero-order valence-corrected chi connectivity index (χ0v) is 19.8. The van der Waals surface area contributed by atoms with Gasteiger partial charge in [0.2, 0.25) is 0 Å². The van der Waals surface area contributed by atoms with Gasteiger partial charge in [0.1, 0.15) is 5.82 Å². The van der Waals surface area contributed by atoms with E-state index in [1.807, 2.05) is 22.9 Å². The molecule has 0 amide bonds. The Balaban J connectivity index is 1.34. The van der Waals surface area contributed by atoms with Crippen LogP contribution in [-0.4, -0.2) is 46.5 Å². The fraction of sp³-hybridized carbons (Fsp3) is 0.385. The highest BCUT2D eigenvalue weighted by Crippen LogP contribution is 2.37. The molecule has 4 aromatic rings. The third-order valence-electron chi connectivity index (χ3n) is 6.86. The molecule has 1 aliphatic carbocycles. The molecule has 0 radical (unpaired) electrons. The van der Waals surface area contributed by atoms with Crippen LogP contribution in [0.2, 0.25) is 0 Å². The molecule has 35 heavy (non-hydrogen) atoms. The highest BCUT2D eigenvalue weighted by molar-refractivity contribution is 5.80. The number of nitrogens with one attached hydrogen (secondary N) is 1. The number of aromatic amines is 1. The zero-order chi connectivity index (χ0) is 24.2. The minimum Gasteiger partial charge on any atom is -0.481 e. The van der Waals surface area contributed by atoms with E-state index in [1.165, 1.54) is 0 Å². The van der Waals surface area contributed by atoms with Crippen LogP contribution in [0, 0.1) is 5.92 Å². The van der Waals surface area contributed by atoms with Crippen molar-refractivity contribution in [2.45, 2.75) is 57.9 Å². The largest absolute Gasteiger partial charge is 0.481 e. The van der Waals surface area contributed by atoms with Crippen LogP contribution in [0.1, 0.15) is 62.2 Å². The molecule has 2 N–H and O–H groups in total. The Morgan fingerprint density at radius 1 is 1.06 bits per heavy atom. The number of tetrazole rings is 1. The van der Waals surface area contributed by atoms with Crippen LogP contribution in [-0.2, 0) is 17.8 Å². The van der Waals surface area contributed by atoms with Crippen molar-refractivity contribution >= 4 is 5.97 Å². The summed E-state index contributed by atoms with van der Waals surface area (Å²) in [6.07, 6.45) is 4.85. The molecular weight excluding hydrogens is 442 g/mol. The molecular formula is C26H29N7O2. The van der Waals surface area contributed by atoms with E-state index in [1.54, 1.807) is 0 Å². The van der Waals surface area contributed by atoms with Crippen LogP contribution in [0.25, 0.3) is 22.5 Å². The molecule has 9 heteroatoms. The third-order valence-corrected chi connectivity index (χ3v) is 6.86. The summed E-state index contributed by atoms with van der Waals surface area (Å²) in [5, 5.41) is 28.2. The number of hydrogen-bond acceptors (Lipinski definition) is 6. The van der Waals surface area contributed by atoms with Crippen LogP contribution in [0.15, 0.2) is 48.5 Å². The van der Waals surface area contributed by atoms with Gasteiger partial charge in [-0.1, -0.05) is 55.5 Å². The van der Waals surface area contributed by atoms with Gasteiger partial charge >= 0.3 is 5.97 Å². The number of benzene rings is 2. The van der Waals surface area contributed by atoms with Crippen LogP contribution in [0.4, 0.5) is 0 Å². The van der Waals surface area contributed by atoms with E-state index in [0.29, 0.717) is 18.3 Å². The molecule has 1 aliphatic rings. The quantitative estimate of drug-likeness (QED) is 0.388. The van der Waals surface area contributed by atoms with Crippen molar-refractivity contribution in [2.75, 3.05) is 0 Å². The summed E-state index contributed by atoms with van der Waals surface area (Å²) in [7, 11) is 0. The van der Waals surface area contributed by atoms with E-state index in [9.17, 15) is 4.79 Å². The molecule has 2 heterocycles. The Morgan fingerprint density at radius 3 is 2.46 bits per heavy atom. The first kappa shape index (κ1) is 22.9. The zero-order valence-electron chi connectivity index (χ0n) is 19.8. The van der Waals surface area contributed by atoms with Crippen molar-refractivity contribution in [1.29, 1.82) is 0 Å². The Labute approximate surface area is 203 Å². The van der Waals surface area contributed by atoms with Crippen LogP contribution in [0.3, 0.4) is 0 Å². The topological polar surface area (TPSA) is 122 Å². The third kappa shape index (κ3) is 5.13. The molecule has 2 aromatic carbocycles. The van der Waals surface area contributed by atoms with Gasteiger partial charge in [-0.2, -0.15) is 5.10 Å². The minimum absolute atomic E-state index is 0.266. The highest BCUT2D eigenvalue weighted by atomic mass is 16.4. The van der Waals surface area contributed by atoms with Crippen LogP contribution in [0.5, 0.6) is 0 Å². The van der Waals surface area contributed by atoms with E-state index in [2.05, 4.69) is 57.9 Å². The Kier molecular flexibility index (Phi) is 6.65. The van der Waals surface area contributed by atoms with Gasteiger partial charge in [0.05, 0.1) is 6.54 Å². The van der Waals surface area contributed by atoms with E-state index >= 15 is 0 Å². The molecule has 1 saturated carbocycles. The summed E-state index contributed by atoms with van der Waals surface area (Å²) in [5.41, 5.74) is 4.26. The number of rotatable bonds is 8. The number of hydrogen-bond donors (Lipinski definition) is 2. The van der Waals surface area contributed by atoms with Crippen molar-refractivity contribution in [3.8, 4) is 22.5 Å². The fourth-order valence-corrected chi connectivity index (χ4v) is 5.02. The van der Waals surface area contributed by atoms with E-state index in [0.717, 1.165) is 66.0 Å². The lowest BCUT2D eigenvalue weighted by Crippen LogP contribution is -2.19. The van der Waals surface area contributed by atoms with Gasteiger partial charge in [0.25, 0.3) is 0 Å². The van der Waals surface area contributed by atoms with Crippen molar-refractivity contribution in [3.63, 3.8) is 0 Å². The number of aromatic nitrogens is 7. The maximum Gasteiger partial charge on any atom is 0.303 e. The normalized spacial score (nSPS) is 18.0. The molecule has 0 unspecified atom stereocenters. The second-order valence-electron chi connectivity index (χ2n) is 9.21. The number of H-pyrrole nitrogens is 1. The maximum atomic E-state index is 11.1. The molecule has 180 valence electrons. The van der Waals surface area contributed by atoms with Gasteiger partial charge in [0.15, 0.2) is 11.6 Å². The van der Waals surface area contributed by atoms with Crippen LogP contribution < -0.4 is 0 Å². The summed E-state index contributed by atoms with van der Waals surface area (Å²) in [5.74, 6) is 2.43. The number of carboxylic acids is 1. The summed E-state index contributed by atoms with van der Waals surface area (Å²) in [6.45, 7) is 2.73. The van der Waals surface area contributed by atoms with E-state index in [-0.39, 0.29) is 12.3 Å². The standard InChI is InChI=1S/C26H29N7O2/c1-2-23-27-26(20-13-7-17(8-14-20)15-24(34)35)33(30-23)16-18-9-11-19(12-10-18)21-5-3-4-6-22(21)25-28-31-32-29-25/h3-6,9-12,17,20H,2,7-8,13-16H2,1H3,(H,34,35)(H,28,29,31,32). The van der Waals surface area contributed by atoms with Crippen molar-refractivity contribution in [3.05, 3.63) is 65.7 Å². The lowest BCUT2D eigenvalue weighted by Gasteiger charge is -2.27.